The summed E-state index contributed by atoms with van der Waals surface area (Å²) in [7, 11) is 0. The molecule has 3 aromatic rings. The molecule has 0 aliphatic carbocycles. The zero-order chi connectivity index (χ0) is 18.6. The standard InChI is InChI=1S/C17H17N7O2S/c25-15(21-17-22-20-11-27-17)13-2-1-6-23(9-13)16(26)12-3-4-14(19-8-12)24-7-5-18-10-24/h3-5,7-8,10-11,13H,1-2,6,9H2,(H,21,22,25). The fraction of sp³-hybridized carbons (Fsp3) is 0.294. The molecule has 0 radical (unpaired) electrons. The van der Waals surface area contributed by atoms with Crippen LogP contribution in [0.3, 0.4) is 0 Å². The van der Waals surface area contributed by atoms with Crippen LogP contribution in [0.4, 0.5) is 5.13 Å². The van der Waals surface area contributed by atoms with E-state index in [-0.39, 0.29) is 17.7 Å². The third-order valence-corrected chi connectivity index (χ3v) is 5.04. The first-order valence-corrected chi connectivity index (χ1v) is 9.39. The number of pyridine rings is 1. The van der Waals surface area contributed by atoms with E-state index in [0.29, 0.717) is 29.6 Å². The summed E-state index contributed by atoms with van der Waals surface area (Å²) in [6.07, 6.45) is 8.18. The minimum Gasteiger partial charge on any atom is -0.338 e. The molecule has 1 unspecified atom stereocenters. The van der Waals surface area contributed by atoms with Gasteiger partial charge in [-0.05, 0) is 25.0 Å². The van der Waals surface area contributed by atoms with Crippen molar-refractivity contribution in [3.63, 3.8) is 0 Å². The molecule has 1 saturated heterocycles. The summed E-state index contributed by atoms with van der Waals surface area (Å²) in [5.74, 6) is 0.188. The number of aromatic nitrogens is 5. The van der Waals surface area contributed by atoms with Crippen molar-refractivity contribution < 1.29 is 9.59 Å². The molecule has 10 heteroatoms. The predicted molar refractivity (Wildman–Crippen MR) is 98.5 cm³/mol. The van der Waals surface area contributed by atoms with Crippen LogP contribution in [0.2, 0.25) is 0 Å². The molecule has 3 aromatic heterocycles. The number of hydrogen-bond acceptors (Lipinski definition) is 7. The smallest absolute Gasteiger partial charge is 0.255 e. The zero-order valence-electron chi connectivity index (χ0n) is 14.4. The van der Waals surface area contributed by atoms with Gasteiger partial charge in [-0.3, -0.25) is 14.2 Å². The molecule has 0 bridgehead atoms. The van der Waals surface area contributed by atoms with Gasteiger partial charge in [0.2, 0.25) is 11.0 Å². The second-order valence-corrected chi connectivity index (χ2v) is 7.03. The Balaban J connectivity index is 1.41. The summed E-state index contributed by atoms with van der Waals surface area (Å²) in [5.41, 5.74) is 2.07. The van der Waals surface area contributed by atoms with Crippen LogP contribution >= 0.6 is 11.3 Å². The highest BCUT2D eigenvalue weighted by atomic mass is 32.1. The van der Waals surface area contributed by atoms with Crippen LogP contribution in [-0.2, 0) is 4.79 Å². The van der Waals surface area contributed by atoms with E-state index in [1.807, 2.05) is 0 Å². The third kappa shape index (κ3) is 3.85. The maximum atomic E-state index is 12.8. The summed E-state index contributed by atoms with van der Waals surface area (Å²) in [5, 5.41) is 10.8. The molecule has 1 atom stereocenters. The van der Waals surface area contributed by atoms with Crippen molar-refractivity contribution in [2.75, 3.05) is 18.4 Å². The molecule has 1 N–H and O–H groups in total. The van der Waals surface area contributed by atoms with Gasteiger partial charge in [0.1, 0.15) is 17.7 Å². The summed E-state index contributed by atoms with van der Waals surface area (Å²) in [6, 6.07) is 3.52. The fourth-order valence-corrected chi connectivity index (χ4v) is 3.50. The number of nitrogens with one attached hydrogen (secondary N) is 1. The first kappa shape index (κ1) is 17.3. The lowest BCUT2D eigenvalue weighted by Gasteiger charge is -2.31. The Morgan fingerprint density at radius 3 is 2.93 bits per heavy atom. The number of piperidine rings is 1. The number of rotatable bonds is 4. The first-order valence-electron chi connectivity index (χ1n) is 8.51. The molecule has 0 spiro atoms. The molecule has 1 aliphatic rings. The Labute approximate surface area is 159 Å². The molecule has 27 heavy (non-hydrogen) atoms. The molecule has 0 saturated carbocycles. The number of amides is 2. The Morgan fingerprint density at radius 1 is 1.30 bits per heavy atom. The van der Waals surface area contributed by atoms with E-state index in [1.54, 1.807) is 52.0 Å². The molecule has 4 rings (SSSR count). The van der Waals surface area contributed by atoms with Crippen molar-refractivity contribution in [1.82, 2.24) is 29.6 Å². The number of carbonyl (C=O) groups excluding carboxylic acids is 2. The molecule has 1 aliphatic heterocycles. The van der Waals surface area contributed by atoms with E-state index in [9.17, 15) is 9.59 Å². The van der Waals surface area contributed by atoms with Gasteiger partial charge in [0, 0.05) is 31.7 Å². The monoisotopic (exact) mass is 383 g/mol. The lowest BCUT2D eigenvalue weighted by Crippen LogP contribution is -2.43. The van der Waals surface area contributed by atoms with Crippen molar-refractivity contribution in [3.05, 3.63) is 48.1 Å². The second kappa shape index (κ2) is 7.62. The highest BCUT2D eigenvalue weighted by Gasteiger charge is 2.29. The van der Waals surface area contributed by atoms with E-state index in [1.165, 1.54) is 11.3 Å². The van der Waals surface area contributed by atoms with Crippen molar-refractivity contribution in [3.8, 4) is 5.82 Å². The summed E-state index contributed by atoms with van der Waals surface area (Å²) < 4.78 is 1.77. The summed E-state index contributed by atoms with van der Waals surface area (Å²) in [4.78, 5) is 35.2. The van der Waals surface area contributed by atoms with Gasteiger partial charge in [0.25, 0.3) is 5.91 Å². The maximum Gasteiger partial charge on any atom is 0.255 e. The summed E-state index contributed by atoms with van der Waals surface area (Å²) >= 11 is 1.27. The molecule has 9 nitrogen and oxygen atoms in total. The number of nitrogens with zero attached hydrogens (tertiary/aromatic N) is 6. The Morgan fingerprint density at radius 2 is 2.22 bits per heavy atom. The quantitative estimate of drug-likeness (QED) is 0.734. The minimum atomic E-state index is -0.259. The number of likely N-dealkylation sites (tertiary alicyclic amines) is 1. The molecule has 0 aromatic carbocycles. The number of carbonyl (C=O) groups is 2. The number of imidazole rings is 1. The minimum absolute atomic E-state index is 0.118. The average molecular weight is 383 g/mol. The van der Waals surface area contributed by atoms with Gasteiger partial charge in [-0.2, -0.15) is 0 Å². The molecular formula is C17H17N7O2S. The molecule has 2 amide bonds. The van der Waals surface area contributed by atoms with Crippen LogP contribution in [-0.4, -0.2) is 54.5 Å². The van der Waals surface area contributed by atoms with Crippen molar-refractivity contribution in [2.24, 2.45) is 5.92 Å². The van der Waals surface area contributed by atoms with Gasteiger partial charge < -0.3 is 10.2 Å². The van der Waals surface area contributed by atoms with E-state index in [0.717, 1.165) is 12.8 Å². The maximum absolute atomic E-state index is 12.8. The average Bonchev–Trinajstić information content (AvgIpc) is 3.42. The second-order valence-electron chi connectivity index (χ2n) is 6.20. The van der Waals surface area contributed by atoms with E-state index in [4.69, 9.17) is 0 Å². The fourth-order valence-electron chi connectivity index (χ4n) is 3.05. The molecule has 4 heterocycles. The predicted octanol–water partition coefficient (Wildman–Crippen LogP) is 1.61. The Hall–Kier alpha value is -3.14. The van der Waals surface area contributed by atoms with Crippen LogP contribution in [0.15, 0.2) is 42.6 Å². The highest BCUT2D eigenvalue weighted by molar-refractivity contribution is 7.13. The van der Waals surface area contributed by atoms with Crippen LogP contribution in [0.5, 0.6) is 0 Å². The first-order chi connectivity index (χ1) is 13.2. The van der Waals surface area contributed by atoms with Gasteiger partial charge in [0.15, 0.2) is 0 Å². The van der Waals surface area contributed by atoms with Gasteiger partial charge in [-0.25, -0.2) is 9.97 Å². The van der Waals surface area contributed by atoms with Crippen molar-refractivity contribution >= 4 is 28.3 Å². The van der Waals surface area contributed by atoms with Crippen molar-refractivity contribution in [1.29, 1.82) is 0 Å². The van der Waals surface area contributed by atoms with E-state index < -0.39 is 0 Å². The lowest BCUT2D eigenvalue weighted by molar-refractivity contribution is -0.121. The van der Waals surface area contributed by atoms with Gasteiger partial charge in [-0.15, -0.1) is 10.2 Å². The molecule has 138 valence electrons. The van der Waals surface area contributed by atoms with E-state index >= 15 is 0 Å². The molecular weight excluding hydrogens is 366 g/mol. The molecule has 1 fully saturated rings. The Bertz CT molecular complexity index is 909. The third-order valence-electron chi connectivity index (χ3n) is 4.43. The van der Waals surface area contributed by atoms with Crippen molar-refractivity contribution in [2.45, 2.75) is 12.8 Å². The normalized spacial score (nSPS) is 16.9. The lowest BCUT2D eigenvalue weighted by atomic mass is 9.96. The largest absolute Gasteiger partial charge is 0.338 e. The van der Waals surface area contributed by atoms with Gasteiger partial charge in [0.05, 0.1) is 11.5 Å². The topological polar surface area (TPSA) is 106 Å². The summed E-state index contributed by atoms with van der Waals surface area (Å²) in [6.45, 7) is 1.01. The van der Waals surface area contributed by atoms with Gasteiger partial charge in [-0.1, -0.05) is 11.3 Å². The number of anilines is 1. The number of hydrogen-bond donors (Lipinski definition) is 1. The van der Waals surface area contributed by atoms with E-state index in [2.05, 4.69) is 25.5 Å². The van der Waals surface area contributed by atoms with Gasteiger partial charge >= 0.3 is 0 Å². The SMILES string of the molecule is O=C(Nc1nncs1)C1CCCN(C(=O)c2ccc(-n3ccnc3)nc2)C1. The Kier molecular flexibility index (Phi) is 4.88. The highest BCUT2D eigenvalue weighted by Crippen LogP contribution is 2.21. The van der Waals surface area contributed by atoms with Crippen LogP contribution in [0.25, 0.3) is 5.82 Å². The van der Waals surface area contributed by atoms with Crippen LogP contribution in [0.1, 0.15) is 23.2 Å². The van der Waals surface area contributed by atoms with Crippen LogP contribution in [0, 0.1) is 5.92 Å². The van der Waals surface area contributed by atoms with Crippen LogP contribution < -0.4 is 5.32 Å². The zero-order valence-corrected chi connectivity index (χ0v) is 15.2.